The zero-order valence-electron chi connectivity index (χ0n) is 13.9. The third-order valence-electron chi connectivity index (χ3n) is 2.81. The fraction of sp³-hybridized carbons (Fsp3) is 0.353. The van der Waals surface area contributed by atoms with Gasteiger partial charge in [-0.05, 0) is 45.9 Å². The molecule has 0 bridgehead atoms. The van der Waals surface area contributed by atoms with Gasteiger partial charge >= 0.3 is 0 Å². The molecule has 1 amide bonds. The summed E-state index contributed by atoms with van der Waals surface area (Å²) in [7, 11) is 0. The van der Waals surface area contributed by atoms with Crippen LogP contribution in [-0.2, 0) is 0 Å². The van der Waals surface area contributed by atoms with Crippen LogP contribution in [0.5, 0.6) is 5.75 Å². The predicted molar refractivity (Wildman–Crippen MR) is 91.0 cm³/mol. The first kappa shape index (κ1) is 16.7. The van der Waals surface area contributed by atoms with Gasteiger partial charge < -0.3 is 15.4 Å². The van der Waals surface area contributed by atoms with Crippen molar-refractivity contribution in [2.24, 2.45) is 0 Å². The number of benzene rings is 1. The maximum atomic E-state index is 12.4. The molecule has 23 heavy (non-hydrogen) atoms. The first-order chi connectivity index (χ1) is 10.9. The minimum atomic E-state index is -0.309. The van der Waals surface area contributed by atoms with Gasteiger partial charge in [0.2, 0.25) is 5.95 Å². The van der Waals surface area contributed by atoms with Crippen molar-refractivity contribution in [3.63, 3.8) is 0 Å². The summed E-state index contributed by atoms with van der Waals surface area (Å²) < 4.78 is 5.50. The van der Waals surface area contributed by atoms with Crippen molar-refractivity contribution in [1.82, 2.24) is 9.97 Å². The van der Waals surface area contributed by atoms with E-state index in [4.69, 9.17) is 4.74 Å². The van der Waals surface area contributed by atoms with E-state index in [1.54, 1.807) is 18.3 Å². The molecule has 0 atom stereocenters. The maximum absolute atomic E-state index is 12.4. The highest BCUT2D eigenvalue weighted by molar-refractivity contribution is 6.03. The third kappa shape index (κ3) is 4.95. The predicted octanol–water partition coefficient (Wildman–Crippen LogP) is 3.34. The van der Waals surface area contributed by atoms with E-state index in [2.05, 4.69) is 20.6 Å². The van der Waals surface area contributed by atoms with Gasteiger partial charge in [-0.1, -0.05) is 12.1 Å². The van der Waals surface area contributed by atoms with E-state index in [0.29, 0.717) is 24.0 Å². The first-order valence-corrected chi connectivity index (χ1v) is 7.53. The molecule has 0 unspecified atom stereocenters. The SMILES string of the molecule is CCOc1ccccc1NC(=O)c1ccnc(NC(C)(C)C)n1. The number of amides is 1. The monoisotopic (exact) mass is 314 g/mol. The van der Waals surface area contributed by atoms with Crippen LogP contribution < -0.4 is 15.4 Å². The van der Waals surface area contributed by atoms with E-state index in [9.17, 15) is 4.79 Å². The Kier molecular flexibility index (Phi) is 5.16. The molecule has 6 nitrogen and oxygen atoms in total. The fourth-order valence-electron chi connectivity index (χ4n) is 1.92. The zero-order chi connectivity index (χ0) is 16.9. The van der Waals surface area contributed by atoms with E-state index < -0.39 is 0 Å². The Morgan fingerprint density at radius 2 is 1.96 bits per heavy atom. The van der Waals surface area contributed by atoms with Crippen LogP contribution in [0.15, 0.2) is 36.5 Å². The van der Waals surface area contributed by atoms with Crippen LogP contribution in [0.2, 0.25) is 0 Å². The molecule has 2 aromatic rings. The second kappa shape index (κ2) is 7.09. The minimum Gasteiger partial charge on any atom is -0.492 e. The smallest absolute Gasteiger partial charge is 0.274 e. The number of rotatable bonds is 5. The van der Waals surface area contributed by atoms with Gasteiger partial charge in [0, 0.05) is 11.7 Å². The second-order valence-corrected chi connectivity index (χ2v) is 6.02. The molecule has 1 heterocycles. The number of nitrogens with one attached hydrogen (secondary N) is 2. The lowest BCUT2D eigenvalue weighted by molar-refractivity contribution is 0.102. The number of nitrogens with zero attached hydrogens (tertiary/aromatic N) is 2. The molecular weight excluding hydrogens is 292 g/mol. The first-order valence-electron chi connectivity index (χ1n) is 7.53. The number of para-hydroxylation sites is 2. The Hall–Kier alpha value is -2.63. The molecule has 1 aromatic heterocycles. The number of ether oxygens (including phenoxy) is 1. The molecule has 0 aliphatic carbocycles. The van der Waals surface area contributed by atoms with Crippen molar-refractivity contribution in [1.29, 1.82) is 0 Å². The molecule has 0 spiro atoms. The Bertz CT molecular complexity index is 680. The highest BCUT2D eigenvalue weighted by Crippen LogP contribution is 2.24. The van der Waals surface area contributed by atoms with Crippen LogP contribution in [0.4, 0.5) is 11.6 Å². The highest BCUT2D eigenvalue weighted by atomic mass is 16.5. The Morgan fingerprint density at radius 1 is 1.22 bits per heavy atom. The van der Waals surface area contributed by atoms with E-state index >= 15 is 0 Å². The van der Waals surface area contributed by atoms with Crippen molar-refractivity contribution in [3.8, 4) is 5.75 Å². The largest absolute Gasteiger partial charge is 0.492 e. The van der Waals surface area contributed by atoms with Crippen LogP contribution >= 0.6 is 0 Å². The van der Waals surface area contributed by atoms with Crippen molar-refractivity contribution in [3.05, 3.63) is 42.2 Å². The van der Waals surface area contributed by atoms with Crippen LogP contribution in [-0.4, -0.2) is 28.0 Å². The van der Waals surface area contributed by atoms with Crippen molar-refractivity contribution >= 4 is 17.5 Å². The zero-order valence-corrected chi connectivity index (χ0v) is 13.9. The van der Waals surface area contributed by atoms with Crippen LogP contribution in [0.3, 0.4) is 0 Å². The van der Waals surface area contributed by atoms with E-state index in [1.807, 2.05) is 45.9 Å². The summed E-state index contributed by atoms with van der Waals surface area (Å²) >= 11 is 0. The van der Waals surface area contributed by atoms with Crippen molar-refractivity contribution in [2.75, 3.05) is 17.2 Å². The molecule has 0 fully saturated rings. The highest BCUT2D eigenvalue weighted by Gasteiger charge is 2.15. The van der Waals surface area contributed by atoms with Gasteiger partial charge in [0.15, 0.2) is 0 Å². The number of anilines is 2. The molecule has 0 saturated carbocycles. The van der Waals surface area contributed by atoms with Gasteiger partial charge in [0.05, 0.1) is 12.3 Å². The molecule has 2 N–H and O–H groups in total. The second-order valence-electron chi connectivity index (χ2n) is 6.02. The number of hydrogen-bond acceptors (Lipinski definition) is 5. The summed E-state index contributed by atoms with van der Waals surface area (Å²) in [6, 6.07) is 8.87. The summed E-state index contributed by atoms with van der Waals surface area (Å²) in [4.78, 5) is 20.8. The Balaban J connectivity index is 2.17. The molecule has 0 saturated heterocycles. The van der Waals surface area contributed by atoms with Crippen LogP contribution in [0, 0.1) is 0 Å². The number of carbonyl (C=O) groups is 1. The average Bonchev–Trinajstić information content (AvgIpc) is 2.48. The lowest BCUT2D eigenvalue weighted by atomic mass is 10.1. The van der Waals surface area contributed by atoms with E-state index in [-0.39, 0.29) is 17.1 Å². The van der Waals surface area contributed by atoms with E-state index in [1.165, 1.54) is 0 Å². The molecule has 0 aliphatic heterocycles. The van der Waals surface area contributed by atoms with Crippen LogP contribution in [0.25, 0.3) is 0 Å². The van der Waals surface area contributed by atoms with Gasteiger partial charge in [-0.3, -0.25) is 4.79 Å². The lowest BCUT2D eigenvalue weighted by Gasteiger charge is -2.20. The van der Waals surface area contributed by atoms with Crippen molar-refractivity contribution in [2.45, 2.75) is 33.2 Å². The molecule has 2 rings (SSSR count). The summed E-state index contributed by atoms with van der Waals surface area (Å²) in [6.45, 7) is 8.43. The maximum Gasteiger partial charge on any atom is 0.274 e. The summed E-state index contributed by atoms with van der Waals surface area (Å²) in [5.41, 5.74) is 0.720. The van der Waals surface area contributed by atoms with Gasteiger partial charge in [0.25, 0.3) is 5.91 Å². The van der Waals surface area contributed by atoms with Gasteiger partial charge in [0.1, 0.15) is 11.4 Å². The summed E-state index contributed by atoms with van der Waals surface area (Å²) in [5, 5.41) is 5.96. The number of aromatic nitrogens is 2. The quantitative estimate of drug-likeness (QED) is 0.885. The number of carbonyl (C=O) groups excluding carboxylic acids is 1. The molecule has 0 aliphatic rings. The summed E-state index contributed by atoms with van der Waals surface area (Å²) in [6.07, 6.45) is 1.56. The molecule has 122 valence electrons. The third-order valence-corrected chi connectivity index (χ3v) is 2.81. The van der Waals surface area contributed by atoms with Gasteiger partial charge in [-0.2, -0.15) is 0 Å². The van der Waals surface area contributed by atoms with Gasteiger partial charge in [-0.25, -0.2) is 9.97 Å². The Morgan fingerprint density at radius 3 is 2.65 bits per heavy atom. The molecule has 1 aromatic carbocycles. The standard InChI is InChI=1S/C17H22N4O2/c1-5-23-14-9-7-6-8-12(14)19-15(22)13-10-11-18-16(20-13)21-17(2,3)4/h6-11H,5H2,1-4H3,(H,19,22)(H,18,20,21). The lowest BCUT2D eigenvalue weighted by Crippen LogP contribution is -2.28. The molecule has 6 heteroatoms. The fourth-order valence-corrected chi connectivity index (χ4v) is 1.92. The van der Waals surface area contributed by atoms with E-state index in [0.717, 1.165) is 0 Å². The topological polar surface area (TPSA) is 76.1 Å². The van der Waals surface area contributed by atoms with Crippen LogP contribution in [0.1, 0.15) is 38.2 Å². The number of hydrogen-bond donors (Lipinski definition) is 2. The van der Waals surface area contributed by atoms with Crippen molar-refractivity contribution < 1.29 is 9.53 Å². The van der Waals surface area contributed by atoms with Gasteiger partial charge in [-0.15, -0.1) is 0 Å². The Labute approximate surface area is 136 Å². The summed E-state index contributed by atoms with van der Waals surface area (Å²) in [5.74, 6) is 0.741. The molecular formula is C17H22N4O2. The average molecular weight is 314 g/mol. The normalized spacial score (nSPS) is 11.0. The molecule has 0 radical (unpaired) electrons. The minimum absolute atomic E-state index is 0.184.